The molecule has 6 heteroatoms. The molecular formula is C25H36O6. The van der Waals surface area contributed by atoms with E-state index in [0.29, 0.717) is 30.3 Å². The Labute approximate surface area is 184 Å². The zero-order valence-electron chi connectivity index (χ0n) is 19.5. The first-order chi connectivity index (χ1) is 14.3. The number of ether oxygens (including phenoxy) is 2. The van der Waals surface area contributed by atoms with E-state index >= 15 is 0 Å². The largest absolute Gasteiger partial charge is 0.427 e. The van der Waals surface area contributed by atoms with Gasteiger partial charge in [0.25, 0.3) is 0 Å². The van der Waals surface area contributed by atoms with Gasteiger partial charge < -0.3 is 19.7 Å². The molecule has 0 amide bonds. The van der Waals surface area contributed by atoms with Crippen LogP contribution in [-0.2, 0) is 16.0 Å². The Morgan fingerprint density at radius 2 is 1.71 bits per heavy atom. The van der Waals surface area contributed by atoms with E-state index in [1.165, 1.54) is 13.8 Å². The smallest absolute Gasteiger partial charge is 0.308 e. The molecular weight excluding hydrogens is 396 g/mol. The standard InChI is InChI=1S/C25H36O6/c1-15-11-12-24(5)21(9-10-22(28)25(24,6)29)23(15,4)14-18-13-19(30-16(2)26)7-8-20(18)31-17(3)27/h7-8,13,15,21-22,28-29H,9-12,14H2,1-6H3/t15-,21+,22-,23-,24+,25+/m0/s1. The molecule has 31 heavy (non-hydrogen) atoms. The van der Waals surface area contributed by atoms with Crippen LogP contribution in [0.25, 0.3) is 0 Å². The Morgan fingerprint density at radius 3 is 2.32 bits per heavy atom. The molecule has 2 aliphatic carbocycles. The van der Waals surface area contributed by atoms with E-state index in [0.717, 1.165) is 24.8 Å². The number of hydrogen-bond acceptors (Lipinski definition) is 6. The molecule has 172 valence electrons. The molecule has 0 radical (unpaired) electrons. The molecule has 6 nitrogen and oxygen atoms in total. The van der Waals surface area contributed by atoms with Crippen molar-refractivity contribution in [2.75, 3.05) is 0 Å². The monoisotopic (exact) mass is 432 g/mol. The van der Waals surface area contributed by atoms with E-state index in [1.807, 2.05) is 0 Å². The minimum Gasteiger partial charge on any atom is -0.427 e. The van der Waals surface area contributed by atoms with Crippen LogP contribution < -0.4 is 9.47 Å². The van der Waals surface area contributed by atoms with Gasteiger partial charge in [0.2, 0.25) is 0 Å². The SMILES string of the molecule is CC(=O)Oc1ccc(OC(C)=O)c(C[C@]2(C)[C@H]3CC[C@H](O)[C@@](C)(O)[C@]3(C)CC[C@@H]2C)c1. The van der Waals surface area contributed by atoms with E-state index in [9.17, 15) is 19.8 Å². The molecule has 2 saturated carbocycles. The van der Waals surface area contributed by atoms with Gasteiger partial charge in [0.15, 0.2) is 0 Å². The van der Waals surface area contributed by atoms with Gasteiger partial charge in [-0.2, -0.15) is 0 Å². The molecule has 1 aromatic carbocycles. The van der Waals surface area contributed by atoms with Crippen molar-refractivity contribution in [3.05, 3.63) is 23.8 Å². The van der Waals surface area contributed by atoms with Crippen LogP contribution in [0.3, 0.4) is 0 Å². The van der Waals surface area contributed by atoms with Crippen molar-refractivity contribution in [1.29, 1.82) is 0 Å². The highest BCUT2D eigenvalue weighted by Gasteiger charge is 2.62. The summed E-state index contributed by atoms with van der Waals surface area (Å²) in [6.45, 7) is 11.1. The lowest BCUT2D eigenvalue weighted by Gasteiger charge is -2.64. The fourth-order valence-corrected chi connectivity index (χ4v) is 6.22. The van der Waals surface area contributed by atoms with Gasteiger partial charge >= 0.3 is 11.9 Å². The van der Waals surface area contributed by atoms with Gasteiger partial charge in [-0.15, -0.1) is 0 Å². The zero-order valence-corrected chi connectivity index (χ0v) is 19.5. The second kappa shape index (κ2) is 8.21. The molecule has 2 N–H and O–H groups in total. The maximum atomic E-state index is 11.7. The number of carbonyl (C=O) groups excluding carboxylic acids is 2. The Hall–Kier alpha value is -1.92. The fraction of sp³-hybridized carbons (Fsp3) is 0.680. The first-order valence-corrected chi connectivity index (χ1v) is 11.2. The zero-order chi connectivity index (χ0) is 23.2. The van der Waals surface area contributed by atoms with E-state index in [2.05, 4.69) is 20.8 Å². The second-order valence-corrected chi connectivity index (χ2v) is 10.3. The minimum absolute atomic E-state index is 0.171. The van der Waals surface area contributed by atoms with Crippen molar-refractivity contribution in [1.82, 2.24) is 0 Å². The summed E-state index contributed by atoms with van der Waals surface area (Å²) in [5, 5.41) is 21.9. The number of rotatable bonds is 4. The molecule has 0 spiro atoms. The molecule has 0 heterocycles. The van der Waals surface area contributed by atoms with Crippen LogP contribution in [-0.4, -0.2) is 33.9 Å². The molecule has 3 rings (SSSR count). The average molecular weight is 433 g/mol. The molecule has 2 aliphatic rings. The van der Waals surface area contributed by atoms with Crippen molar-refractivity contribution < 1.29 is 29.3 Å². The van der Waals surface area contributed by atoms with Crippen molar-refractivity contribution >= 4 is 11.9 Å². The van der Waals surface area contributed by atoms with E-state index in [4.69, 9.17) is 9.47 Å². The number of carbonyl (C=O) groups is 2. The fourth-order valence-electron chi connectivity index (χ4n) is 6.22. The summed E-state index contributed by atoms with van der Waals surface area (Å²) < 4.78 is 10.8. The van der Waals surface area contributed by atoms with Gasteiger partial charge in [0.1, 0.15) is 11.5 Å². The molecule has 6 atom stereocenters. The van der Waals surface area contributed by atoms with Crippen LogP contribution in [0.4, 0.5) is 0 Å². The molecule has 0 bridgehead atoms. The van der Waals surface area contributed by atoms with Crippen LogP contribution in [0.2, 0.25) is 0 Å². The Bertz CT molecular complexity index is 862. The highest BCUT2D eigenvalue weighted by molar-refractivity contribution is 5.71. The van der Waals surface area contributed by atoms with E-state index in [-0.39, 0.29) is 11.3 Å². The van der Waals surface area contributed by atoms with E-state index in [1.54, 1.807) is 25.1 Å². The van der Waals surface area contributed by atoms with Crippen LogP contribution in [0.1, 0.15) is 72.8 Å². The molecule has 2 fully saturated rings. The third-order valence-electron chi connectivity index (χ3n) is 8.44. The van der Waals surface area contributed by atoms with Crippen LogP contribution >= 0.6 is 0 Å². The molecule has 0 saturated heterocycles. The summed E-state index contributed by atoms with van der Waals surface area (Å²) in [7, 11) is 0. The van der Waals surface area contributed by atoms with Crippen molar-refractivity contribution in [2.45, 2.75) is 85.4 Å². The van der Waals surface area contributed by atoms with Crippen molar-refractivity contribution in [3.8, 4) is 11.5 Å². The van der Waals surface area contributed by atoms with Crippen LogP contribution in [0, 0.1) is 22.7 Å². The lowest BCUT2D eigenvalue weighted by molar-refractivity contribution is -0.234. The predicted molar refractivity (Wildman–Crippen MR) is 117 cm³/mol. The highest BCUT2D eigenvalue weighted by Crippen LogP contribution is 2.64. The second-order valence-electron chi connectivity index (χ2n) is 10.3. The van der Waals surface area contributed by atoms with Gasteiger partial charge in [0, 0.05) is 19.3 Å². The molecule has 0 aliphatic heterocycles. The molecule has 0 aromatic heterocycles. The summed E-state index contributed by atoms with van der Waals surface area (Å²) in [5.74, 6) is 0.597. The van der Waals surface area contributed by atoms with Gasteiger partial charge in [-0.3, -0.25) is 9.59 Å². The third-order valence-corrected chi connectivity index (χ3v) is 8.44. The first kappa shape index (κ1) is 23.7. The normalized spacial score (nSPS) is 37.6. The number of esters is 2. The number of aliphatic hydroxyl groups excluding tert-OH is 1. The number of aliphatic hydroxyl groups is 2. The van der Waals surface area contributed by atoms with Crippen LogP contribution in [0.5, 0.6) is 11.5 Å². The number of hydrogen-bond donors (Lipinski definition) is 2. The van der Waals surface area contributed by atoms with E-state index < -0.39 is 29.1 Å². The summed E-state index contributed by atoms with van der Waals surface area (Å²) in [4.78, 5) is 23.2. The van der Waals surface area contributed by atoms with Crippen molar-refractivity contribution in [3.63, 3.8) is 0 Å². The number of fused-ring (bicyclic) bond motifs is 1. The average Bonchev–Trinajstić information content (AvgIpc) is 2.65. The lowest BCUT2D eigenvalue weighted by atomic mass is 9.43. The lowest BCUT2D eigenvalue weighted by Crippen LogP contribution is -2.65. The summed E-state index contributed by atoms with van der Waals surface area (Å²) in [6, 6.07) is 5.08. The molecule has 0 unspecified atom stereocenters. The summed E-state index contributed by atoms with van der Waals surface area (Å²) >= 11 is 0. The van der Waals surface area contributed by atoms with Gasteiger partial charge in [-0.05, 0) is 80.0 Å². The van der Waals surface area contributed by atoms with Crippen LogP contribution in [0.15, 0.2) is 18.2 Å². The first-order valence-electron chi connectivity index (χ1n) is 11.2. The van der Waals surface area contributed by atoms with Gasteiger partial charge in [-0.1, -0.05) is 20.8 Å². The predicted octanol–water partition coefficient (Wildman–Crippen LogP) is 4.04. The Balaban J connectivity index is 2.04. The maximum Gasteiger partial charge on any atom is 0.308 e. The van der Waals surface area contributed by atoms with Gasteiger partial charge in [0.05, 0.1) is 11.7 Å². The van der Waals surface area contributed by atoms with Gasteiger partial charge in [-0.25, -0.2) is 0 Å². The Kier molecular flexibility index (Phi) is 6.29. The topological polar surface area (TPSA) is 93.1 Å². The maximum absolute atomic E-state index is 11.7. The minimum atomic E-state index is -1.17. The highest BCUT2D eigenvalue weighted by atomic mass is 16.5. The summed E-state index contributed by atoms with van der Waals surface area (Å²) in [6.07, 6.45) is 3.02. The quantitative estimate of drug-likeness (QED) is 0.551. The third kappa shape index (κ3) is 4.12. The molecule has 1 aromatic rings. The Morgan fingerprint density at radius 1 is 1.06 bits per heavy atom. The van der Waals surface area contributed by atoms with Crippen molar-refractivity contribution in [2.24, 2.45) is 22.7 Å². The number of benzene rings is 1. The summed E-state index contributed by atoms with van der Waals surface area (Å²) in [5.41, 5.74) is -1.00.